The van der Waals surface area contributed by atoms with E-state index in [1.54, 1.807) is 0 Å². The number of ether oxygens (including phenoxy) is 1. The van der Waals surface area contributed by atoms with Crippen LogP contribution in [-0.4, -0.2) is 12.1 Å². The molecule has 6 fully saturated rings. The summed E-state index contributed by atoms with van der Waals surface area (Å²) in [5, 5.41) is 0. The Labute approximate surface area is 140 Å². The van der Waals surface area contributed by atoms with E-state index in [2.05, 4.69) is 20.8 Å². The number of carbonyl (C=O) groups excluding carboxylic acids is 1. The summed E-state index contributed by atoms with van der Waals surface area (Å²) in [6, 6.07) is 0. The summed E-state index contributed by atoms with van der Waals surface area (Å²) in [5.41, 5.74) is 0.451. The maximum atomic E-state index is 13.3. The molecule has 0 aromatic heterocycles. The van der Waals surface area contributed by atoms with Crippen LogP contribution in [0.1, 0.15) is 78.6 Å². The molecular weight excluding hydrogens is 284 g/mol. The molecule has 6 rings (SSSR count). The second-order valence-electron chi connectivity index (χ2n) is 10.7. The van der Waals surface area contributed by atoms with E-state index in [9.17, 15) is 4.79 Å². The highest BCUT2D eigenvalue weighted by molar-refractivity contribution is 5.78. The van der Waals surface area contributed by atoms with Gasteiger partial charge in [0.1, 0.15) is 6.10 Å². The Balaban J connectivity index is 1.37. The molecule has 128 valence electrons. The summed E-state index contributed by atoms with van der Waals surface area (Å²) in [7, 11) is 0. The van der Waals surface area contributed by atoms with E-state index in [1.165, 1.54) is 32.1 Å². The molecule has 0 aromatic carbocycles. The van der Waals surface area contributed by atoms with Gasteiger partial charge in [0, 0.05) is 5.41 Å². The lowest BCUT2D eigenvalue weighted by Crippen LogP contribution is -2.52. The molecule has 0 aromatic rings. The summed E-state index contributed by atoms with van der Waals surface area (Å²) in [5.74, 6) is 3.41. The van der Waals surface area contributed by atoms with Gasteiger partial charge in [-0.15, -0.1) is 0 Å². The van der Waals surface area contributed by atoms with Crippen LogP contribution in [0.25, 0.3) is 0 Å². The minimum atomic E-state index is -0.0862. The van der Waals surface area contributed by atoms with E-state index in [-0.39, 0.29) is 22.9 Å². The molecule has 23 heavy (non-hydrogen) atoms. The lowest BCUT2D eigenvalue weighted by molar-refractivity contribution is -0.184. The molecule has 0 saturated heterocycles. The Morgan fingerprint density at radius 3 is 1.91 bits per heavy atom. The van der Waals surface area contributed by atoms with E-state index in [4.69, 9.17) is 4.74 Å². The summed E-state index contributed by atoms with van der Waals surface area (Å²) >= 11 is 0. The smallest absolute Gasteiger partial charge is 0.312 e. The molecule has 0 N–H and O–H groups in total. The summed E-state index contributed by atoms with van der Waals surface area (Å²) < 4.78 is 6.33. The molecule has 6 bridgehead atoms. The van der Waals surface area contributed by atoms with Gasteiger partial charge in [-0.1, -0.05) is 20.8 Å². The van der Waals surface area contributed by atoms with Crippen molar-refractivity contribution in [2.24, 2.45) is 39.9 Å². The van der Waals surface area contributed by atoms with Gasteiger partial charge in [-0.3, -0.25) is 4.79 Å². The number of hydrogen-bond acceptors (Lipinski definition) is 2. The minimum Gasteiger partial charge on any atom is -0.461 e. The predicted molar refractivity (Wildman–Crippen MR) is 89.7 cm³/mol. The second kappa shape index (κ2) is 4.35. The Bertz CT molecular complexity index is 513. The number of hydrogen-bond donors (Lipinski definition) is 0. The van der Waals surface area contributed by atoms with E-state index < -0.39 is 0 Å². The van der Waals surface area contributed by atoms with E-state index in [1.807, 2.05) is 0 Å². The van der Waals surface area contributed by atoms with Gasteiger partial charge in [-0.25, -0.2) is 0 Å². The molecular formula is C21H32O2. The fourth-order valence-electron chi connectivity index (χ4n) is 7.92. The summed E-state index contributed by atoms with van der Waals surface area (Å²) in [6.45, 7) is 7.20. The van der Waals surface area contributed by atoms with Crippen LogP contribution in [0.15, 0.2) is 0 Å². The molecule has 0 spiro atoms. The highest BCUT2D eigenvalue weighted by Gasteiger charge is 2.64. The molecule has 6 aliphatic carbocycles. The fourth-order valence-corrected chi connectivity index (χ4v) is 7.92. The highest BCUT2D eigenvalue weighted by Crippen LogP contribution is 2.67. The van der Waals surface area contributed by atoms with Crippen LogP contribution < -0.4 is 0 Å². The Kier molecular flexibility index (Phi) is 2.80. The van der Waals surface area contributed by atoms with Gasteiger partial charge in [0.05, 0.1) is 5.41 Å². The third kappa shape index (κ3) is 1.79. The number of carbonyl (C=O) groups is 1. The number of fused-ring (bicyclic) bond motifs is 2. The molecule has 0 amide bonds. The van der Waals surface area contributed by atoms with Crippen molar-refractivity contribution in [2.75, 3.05) is 0 Å². The van der Waals surface area contributed by atoms with Gasteiger partial charge in [-0.2, -0.15) is 0 Å². The van der Waals surface area contributed by atoms with Crippen LogP contribution in [0.2, 0.25) is 0 Å². The van der Waals surface area contributed by atoms with Crippen LogP contribution in [0.5, 0.6) is 0 Å². The van der Waals surface area contributed by atoms with Crippen LogP contribution >= 0.6 is 0 Å². The molecule has 3 atom stereocenters. The van der Waals surface area contributed by atoms with Gasteiger partial charge in [0.25, 0.3) is 0 Å². The van der Waals surface area contributed by atoms with Crippen LogP contribution in [0.3, 0.4) is 0 Å². The van der Waals surface area contributed by atoms with Gasteiger partial charge < -0.3 is 4.74 Å². The molecule has 6 aliphatic rings. The summed E-state index contributed by atoms with van der Waals surface area (Å²) in [6.07, 6.45) is 11.4. The van der Waals surface area contributed by atoms with Crippen molar-refractivity contribution in [2.45, 2.75) is 84.7 Å². The minimum absolute atomic E-state index is 0.0862. The van der Waals surface area contributed by atoms with Crippen molar-refractivity contribution in [3.05, 3.63) is 0 Å². The van der Waals surface area contributed by atoms with E-state index >= 15 is 0 Å². The largest absolute Gasteiger partial charge is 0.461 e. The molecule has 0 unspecified atom stereocenters. The van der Waals surface area contributed by atoms with Gasteiger partial charge >= 0.3 is 5.97 Å². The van der Waals surface area contributed by atoms with Crippen LogP contribution in [0.4, 0.5) is 0 Å². The molecule has 2 nitrogen and oxygen atoms in total. The third-order valence-electron chi connectivity index (χ3n) is 9.43. The monoisotopic (exact) mass is 316 g/mol. The topological polar surface area (TPSA) is 26.3 Å². The molecule has 0 heterocycles. The first-order chi connectivity index (χ1) is 10.8. The van der Waals surface area contributed by atoms with Crippen LogP contribution in [-0.2, 0) is 9.53 Å². The van der Waals surface area contributed by atoms with Crippen LogP contribution in [0, 0.1) is 39.9 Å². The zero-order chi connectivity index (χ0) is 16.0. The fraction of sp³-hybridized carbons (Fsp3) is 0.952. The van der Waals surface area contributed by atoms with Crippen molar-refractivity contribution >= 4 is 5.97 Å². The first-order valence-electron chi connectivity index (χ1n) is 10.0. The molecule has 0 aliphatic heterocycles. The standard InChI is InChI=1S/C21H32O2/c1-19(2)16-4-5-20(19,3)17(9-16)23-18(22)21-10-13-6-14(11-21)8-15(7-13)12-21/h13-17H,4-12H2,1-3H3/t13?,14?,15?,16-,17+,20-,21?/m0/s1. The van der Waals surface area contributed by atoms with Crippen molar-refractivity contribution in [3.8, 4) is 0 Å². The first kappa shape index (κ1) is 14.8. The molecule has 0 radical (unpaired) electrons. The summed E-state index contributed by atoms with van der Waals surface area (Å²) in [4.78, 5) is 13.3. The third-order valence-corrected chi connectivity index (χ3v) is 9.43. The number of esters is 1. The van der Waals surface area contributed by atoms with Crippen molar-refractivity contribution < 1.29 is 9.53 Å². The average Bonchev–Trinajstić information content (AvgIpc) is 2.79. The SMILES string of the molecule is CC1(C)[C@H]2CC[C@@]1(C)[C@H](OC(=O)C13CC4CC(CC(C4)C1)C3)C2. The maximum absolute atomic E-state index is 13.3. The first-order valence-corrected chi connectivity index (χ1v) is 10.0. The van der Waals surface area contributed by atoms with Gasteiger partial charge in [0.15, 0.2) is 0 Å². The maximum Gasteiger partial charge on any atom is 0.312 e. The Hall–Kier alpha value is -0.530. The zero-order valence-corrected chi connectivity index (χ0v) is 15.1. The van der Waals surface area contributed by atoms with Crippen molar-refractivity contribution in [1.29, 1.82) is 0 Å². The van der Waals surface area contributed by atoms with Crippen molar-refractivity contribution in [3.63, 3.8) is 0 Å². The predicted octanol–water partition coefficient (Wildman–Crippen LogP) is 4.96. The quantitative estimate of drug-likeness (QED) is 0.673. The Morgan fingerprint density at radius 1 is 0.913 bits per heavy atom. The number of rotatable bonds is 2. The van der Waals surface area contributed by atoms with Gasteiger partial charge in [-0.05, 0) is 86.9 Å². The van der Waals surface area contributed by atoms with Gasteiger partial charge in [0.2, 0.25) is 0 Å². The van der Waals surface area contributed by atoms with E-state index in [0.717, 1.165) is 49.4 Å². The normalized spacial score (nSPS) is 55.3. The lowest BCUT2D eigenvalue weighted by Gasteiger charge is -2.55. The molecule has 6 saturated carbocycles. The van der Waals surface area contributed by atoms with E-state index in [0.29, 0.717) is 5.41 Å². The lowest BCUT2D eigenvalue weighted by atomic mass is 9.49. The second-order valence-corrected chi connectivity index (χ2v) is 10.7. The Morgan fingerprint density at radius 2 is 1.48 bits per heavy atom. The highest BCUT2D eigenvalue weighted by atomic mass is 16.5. The average molecular weight is 316 g/mol. The zero-order valence-electron chi connectivity index (χ0n) is 15.1. The van der Waals surface area contributed by atoms with Crippen molar-refractivity contribution in [1.82, 2.24) is 0 Å². The molecule has 2 heteroatoms.